The number of carboxylic acids is 1. The Hall–Kier alpha value is -10.0. The van der Waals surface area contributed by atoms with E-state index in [0.717, 1.165) is 11.1 Å². The summed E-state index contributed by atoms with van der Waals surface area (Å²) < 4.78 is 0. The minimum absolute atomic E-state index is 0.0584. The standard InChI is InChI=1S/C69H82N14O13S2/c70-22-6-5-15-52-64(91)75-35-61(87)78-53(27-43-32-73-50-13-3-1-11-48(43)50)65(92)79-54(28-44-33-74-51-14-4-2-12-49(44)51)66(93)81-56(31-62(88)89)68(95)80-55(30-46-34-72-39-76-46)67(94)82-57(26-40-17-19-47(84)20-18-40)69(96)83-23-8-16-58(83)59(85)29-45(63(71)90)38-98-37-42-10-7-9-41(25-42)36-97-24-21-60(86)77-52/h1-4,7,9-14,17-20,25,32-34,39,45,52-58,73-74,84H,5-6,8,15-16,21-24,26-31,35-38,70H2,(H2,71,90)(H,72,76)(H,75,91)(H,77,86)(H,78,87)(H,79,92)(H,80,95)(H,81,93)(H,82,94)(H,88,89)/t45-,52-,53-,54-,55-,56-,57-,58-/m0/s1. The molecule has 0 radical (unpaired) electrons. The Kier molecular flexibility index (Phi) is 26.0. The second kappa shape index (κ2) is 35.3. The normalized spacial score (nSPS) is 22.3. The fourth-order valence-corrected chi connectivity index (χ4v) is 14.0. The summed E-state index contributed by atoms with van der Waals surface area (Å²) in [5.74, 6) is -8.65. The van der Waals surface area contributed by atoms with Crippen LogP contribution in [0.1, 0.15) is 84.9 Å². The summed E-state index contributed by atoms with van der Waals surface area (Å²) in [6.07, 6.45) is 5.70. The number of nitrogens with two attached hydrogens (primary N) is 2. The van der Waals surface area contributed by atoms with E-state index in [1.54, 1.807) is 54.9 Å². The number of carboxylic acid groups (broad SMARTS) is 1. The lowest BCUT2D eigenvalue weighted by atomic mass is 9.97. The highest BCUT2D eigenvalue weighted by molar-refractivity contribution is 7.98. The predicted octanol–water partition coefficient (Wildman–Crippen LogP) is 2.60. The zero-order chi connectivity index (χ0) is 69.7. The molecule has 29 heteroatoms. The summed E-state index contributed by atoms with van der Waals surface area (Å²) in [7, 11) is 0. The summed E-state index contributed by atoms with van der Waals surface area (Å²) in [5, 5.41) is 40.7. The molecule has 2 aliphatic heterocycles. The smallest absolute Gasteiger partial charge is 0.305 e. The van der Waals surface area contributed by atoms with Crippen molar-refractivity contribution in [3.05, 3.63) is 155 Å². The third kappa shape index (κ3) is 20.5. The number of carbonyl (C=O) groups excluding carboxylic acids is 10. The van der Waals surface area contributed by atoms with Gasteiger partial charge in [0.25, 0.3) is 0 Å². The molecule has 1 saturated heterocycles. The number of rotatable bonds is 15. The maximum atomic E-state index is 15.1. The lowest BCUT2D eigenvalue weighted by molar-refractivity contribution is -0.142. The van der Waals surface area contributed by atoms with Gasteiger partial charge in [0.05, 0.1) is 31.3 Å². The number of benzene rings is 4. The van der Waals surface area contributed by atoms with E-state index in [0.29, 0.717) is 87.3 Å². The number of hydrogen-bond acceptors (Lipinski definition) is 16. The van der Waals surface area contributed by atoms with E-state index >= 15 is 14.4 Å². The topological polar surface area (TPSA) is 428 Å². The van der Waals surface area contributed by atoms with Gasteiger partial charge >= 0.3 is 5.97 Å². The minimum Gasteiger partial charge on any atom is -0.508 e. The van der Waals surface area contributed by atoms with Crippen molar-refractivity contribution in [3.63, 3.8) is 0 Å². The van der Waals surface area contributed by atoms with Crippen molar-refractivity contribution in [2.45, 2.75) is 131 Å². The molecule has 0 aliphatic carbocycles. The lowest BCUT2D eigenvalue weighted by Gasteiger charge is -2.30. The fourth-order valence-electron chi connectivity index (χ4n) is 12.1. The first-order chi connectivity index (χ1) is 47.3. The van der Waals surface area contributed by atoms with Gasteiger partial charge in [-0.15, -0.1) is 0 Å². The zero-order valence-corrected chi connectivity index (χ0v) is 55.5. The maximum Gasteiger partial charge on any atom is 0.305 e. The Labute approximate surface area is 573 Å². The van der Waals surface area contributed by atoms with E-state index in [2.05, 4.69) is 57.2 Å². The van der Waals surface area contributed by atoms with Crippen LogP contribution in [0.15, 0.2) is 122 Å². The number of amides is 9. The number of thioether (sulfide) groups is 2. The molecule has 5 heterocycles. The van der Waals surface area contributed by atoms with E-state index in [1.807, 2.05) is 42.5 Å². The zero-order valence-electron chi connectivity index (χ0n) is 53.9. The van der Waals surface area contributed by atoms with Crippen molar-refractivity contribution in [3.8, 4) is 5.75 Å². The Morgan fingerprint density at radius 3 is 1.84 bits per heavy atom. The number of para-hydroxylation sites is 2. The average molecular weight is 1380 g/mol. The van der Waals surface area contributed by atoms with Crippen LogP contribution >= 0.6 is 23.5 Å². The fraction of sp³-hybridized carbons (Fsp3) is 0.391. The molecule has 2 aliphatic rings. The third-order valence-corrected chi connectivity index (χ3v) is 19.4. The monoisotopic (exact) mass is 1380 g/mol. The number of nitrogens with one attached hydrogen (secondary N) is 10. The Balaban J connectivity index is 1.04. The summed E-state index contributed by atoms with van der Waals surface area (Å²) in [6, 6.07) is 17.9. The van der Waals surface area contributed by atoms with Gasteiger partial charge in [0, 0.05) is 114 Å². The van der Waals surface area contributed by atoms with Crippen LogP contribution in [0.2, 0.25) is 0 Å². The van der Waals surface area contributed by atoms with Gasteiger partial charge in [0.15, 0.2) is 5.78 Å². The number of aliphatic carboxylic acids is 1. The number of carbonyl (C=O) groups is 11. The molecular formula is C69H82N14O13S2. The number of ketones is 1. The van der Waals surface area contributed by atoms with Gasteiger partial charge in [-0.1, -0.05) is 72.8 Å². The molecule has 3 aromatic heterocycles. The number of phenolic OH excluding ortho intramolecular Hbond substituents is 1. The first kappa shape index (κ1) is 72.3. The summed E-state index contributed by atoms with van der Waals surface area (Å²) in [4.78, 5) is 171. The van der Waals surface area contributed by atoms with Crippen molar-refractivity contribution >= 4 is 110 Å². The molecule has 98 heavy (non-hydrogen) atoms. The lowest BCUT2D eigenvalue weighted by Crippen LogP contribution is -2.61. The highest BCUT2D eigenvalue weighted by Crippen LogP contribution is 2.27. The van der Waals surface area contributed by atoms with E-state index in [9.17, 15) is 48.6 Å². The molecular weight excluding hydrogens is 1300 g/mol. The van der Waals surface area contributed by atoms with E-state index in [1.165, 1.54) is 53.1 Å². The van der Waals surface area contributed by atoms with Crippen molar-refractivity contribution in [2.24, 2.45) is 17.4 Å². The molecule has 1 fully saturated rings. The SMILES string of the molecule is NCCCC[C@@H]1NC(=O)CCSCc2cccc(c2)CSC[C@@H](C(N)=O)CC(=O)[C@@H]2CCCN2C(=O)[C@H](Cc2ccc(O)cc2)NC(=O)[C@H](Cc2cnc[nH]2)NC(=O)[C@H](CC(=O)O)NC(=O)[C@H](Cc2c[nH]c3ccccc23)NC(=O)[C@H](Cc2c[nH]c3ccccc23)NC(=O)CNC1=O. The molecule has 2 bridgehead atoms. The highest BCUT2D eigenvalue weighted by atomic mass is 32.2. The molecule has 4 aromatic carbocycles. The van der Waals surface area contributed by atoms with Crippen molar-refractivity contribution in [2.75, 3.05) is 31.1 Å². The molecule has 9 amide bonds. The van der Waals surface area contributed by atoms with Gasteiger partial charge in [-0.05, 0) is 90.7 Å². The summed E-state index contributed by atoms with van der Waals surface area (Å²) >= 11 is 2.91. The number of H-pyrrole nitrogens is 3. The van der Waals surface area contributed by atoms with Crippen LogP contribution in [-0.2, 0) is 89.9 Å². The van der Waals surface area contributed by atoms with Crippen LogP contribution in [-0.4, -0.2) is 173 Å². The molecule has 0 spiro atoms. The van der Waals surface area contributed by atoms with Crippen LogP contribution in [0.5, 0.6) is 5.75 Å². The first-order valence-electron chi connectivity index (χ1n) is 32.5. The number of aromatic hydroxyl groups is 1. The molecule has 518 valence electrons. The van der Waals surface area contributed by atoms with Gasteiger partial charge < -0.3 is 78.7 Å². The number of fused-ring (bicyclic) bond motifs is 5. The Morgan fingerprint density at radius 2 is 1.21 bits per heavy atom. The number of aromatic nitrogens is 4. The second-order valence-corrected chi connectivity index (χ2v) is 26.6. The highest BCUT2D eigenvalue weighted by Gasteiger charge is 2.41. The van der Waals surface area contributed by atoms with Crippen LogP contribution in [0.3, 0.4) is 0 Å². The number of hydrogen-bond donors (Lipinski definition) is 14. The van der Waals surface area contributed by atoms with Crippen LogP contribution in [0.25, 0.3) is 21.8 Å². The largest absolute Gasteiger partial charge is 0.508 e. The van der Waals surface area contributed by atoms with Crippen molar-refractivity contribution in [1.82, 2.24) is 62.1 Å². The van der Waals surface area contributed by atoms with Crippen LogP contribution < -0.4 is 48.7 Å². The molecule has 0 saturated carbocycles. The third-order valence-electron chi connectivity index (χ3n) is 17.2. The van der Waals surface area contributed by atoms with Crippen molar-refractivity contribution in [1.29, 1.82) is 0 Å². The number of nitrogens with zero attached hydrogens (tertiary/aromatic N) is 2. The first-order valence-corrected chi connectivity index (χ1v) is 34.8. The predicted molar refractivity (Wildman–Crippen MR) is 368 cm³/mol. The molecule has 27 nitrogen and oxygen atoms in total. The second-order valence-electron chi connectivity index (χ2n) is 24.5. The number of aromatic amines is 3. The number of phenols is 1. The summed E-state index contributed by atoms with van der Waals surface area (Å²) in [6.45, 7) is -0.200. The molecule has 9 rings (SSSR count). The van der Waals surface area contributed by atoms with Crippen LogP contribution in [0, 0.1) is 5.92 Å². The van der Waals surface area contributed by atoms with E-state index in [-0.39, 0.29) is 69.4 Å². The quantitative estimate of drug-likeness (QED) is 0.0656. The van der Waals surface area contributed by atoms with Gasteiger partial charge in [-0.2, -0.15) is 23.5 Å². The Bertz CT molecular complexity index is 3980. The minimum atomic E-state index is -1.94. The van der Waals surface area contributed by atoms with E-state index < -0.39 is 126 Å². The van der Waals surface area contributed by atoms with E-state index in [4.69, 9.17) is 11.5 Å². The van der Waals surface area contributed by atoms with Gasteiger partial charge in [0.2, 0.25) is 53.2 Å². The Morgan fingerprint density at radius 1 is 0.622 bits per heavy atom. The molecule has 7 aromatic rings. The van der Waals surface area contributed by atoms with Gasteiger partial charge in [-0.25, -0.2) is 4.98 Å². The maximum absolute atomic E-state index is 15.1. The van der Waals surface area contributed by atoms with Gasteiger partial charge in [0.1, 0.15) is 42.0 Å². The molecule has 8 atom stereocenters. The van der Waals surface area contributed by atoms with Crippen LogP contribution in [0.4, 0.5) is 0 Å². The summed E-state index contributed by atoms with van der Waals surface area (Å²) in [5.41, 5.74) is 16.9. The van der Waals surface area contributed by atoms with Gasteiger partial charge in [-0.3, -0.25) is 52.7 Å². The average Bonchev–Trinajstić information content (AvgIpc) is 1.61. The number of Topliss-reactive ketones (excluding diaryl/α,β-unsaturated/α-hetero) is 1. The van der Waals surface area contributed by atoms with Crippen molar-refractivity contribution < 1.29 is 63.0 Å². The number of primary amides is 1. The number of imidazole rings is 1. The number of unbranched alkanes of at least 4 members (excludes halogenated alkanes) is 1. The molecule has 16 N–H and O–H groups in total. The molecule has 0 unspecified atom stereocenters.